The Kier molecular flexibility index (Phi) is 7.20. The van der Waals surface area contributed by atoms with E-state index in [0.717, 1.165) is 28.2 Å². The number of aromatic nitrogens is 2. The number of hydrogen-bond acceptors (Lipinski definition) is 5. The van der Waals surface area contributed by atoms with E-state index in [1.165, 1.54) is 11.3 Å². The van der Waals surface area contributed by atoms with E-state index < -0.39 is 11.6 Å². The summed E-state index contributed by atoms with van der Waals surface area (Å²) in [6.07, 6.45) is 1.55. The molecular formula is C23H31N5O3S. The molecule has 0 radical (unpaired) electrons. The second-order valence-corrected chi connectivity index (χ2v) is 9.82. The summed E-state index contributed by atoms with van der Waals surface area (Å²) in [5.74, 6) is 0.255. The largest absolute Gasteiger partial charge is 0.389 e. The number of carbonyl (C=O) groups is 2. The van der Waals surface area contributed by atoms with Crippen LogP contribution >= 0.6 is 11.3 Å². The molecule has 0 saturated carbocycles. The molecule has 9 heteroatoms. The lowest BCUT2D eigenvalue weighted by Gasteiger charge is -2.20. The van der Waals surface area contributed by atoms with Crippen LogP contribution in [-0.4, -0.2) is 32.2 Å². The highest BCUT2D eigenvalue weighted by Gasteiger charge is 2.21. The van der Waals surface area contributed by atoms with Crippen LogP contribution in [0.2, 0.25) is 0 Å². The number of benzene rings is 1. The molecule has 2 heterocycles. The second-order valence-electron chi connectivity index (χ2n) is 8.53. The van der Waals surface area contributed by atoms with Gasteiger partial charge in [0.2, 0.25) is 11.9 Å². The third kappa shape index (κ3) is 5.86. The lowest BCUT2D eigenvalue weighted by Crippen LogP contribution is -2.28. The molecule has 0 spiro atoms. The number of nitrogens with one attached hydrogen (secondary N) is 3. The van der Waals surface area contributed by atoms with E-state index in [2.05, 4.69) is 20.9 Å². The fourth-order valence-corrected chi connectivity index (χ4v) is 4.26. The maximum absolute atomic E-state index is 12.6. The van der Waals surface area contributed by atoms with Gasteiger partial charge in [0, 0.05) is 16.5 Å². The standard InChI is InChI=1S/C23H31N5O3S/c1-6-15(7-2)20(29)24-16-9-10-18-17(12-16)25-21(28(18)13-23(4,5)31)27-22(30)26-19-11-8-14(3)32-19/h8-12,15,31H,6-7,13H2,1-5H3,(H,24,29)(H2,25,26,27,30). The zero-order valence-corrected chi connectivity index (χ0v) is 20.0. The van der Waals surface area contributed by atoms with E-state index in [9.17, 15) is 14.7 Å². The van der Waals surface area contributed by atoms with Crippen LogP contribution in [0.1, 0.15) is 45.4 Å². The topological polar surface area (TPSA) is 108 Å². The summed E-state index contributed by atoms with van der Waals surface area (Å²) < 4.78 is 1.76. The Bertz CT molecular complexity index is 1110. The monoisotopic (exact) mass is 457 g/mol. The molecule has 0 aliphatic carbocycles. The van der Waals surface area contributed by atoms with E-state index >= 15 is 0 Å². The Morgan fingerprint density at radius 1 is 1.12 bits per heavy atom. The third-order valence-corrected chi connectivity index (χ3v) is 6.04. The van der Waals surface area contributed by atoms with Crippen molar-refractivity contribution in [2.24, 2.45) is 5.92 Å². The first-order chi connectivity index (χ1) is 15.1. The summed E-state index contributed by atoms with van der Waals surface area (Å²) in [6, 6.07) is 8.78. The van der Waals surface area contributed by atoms with Gasteiger partial charge in [0.05, 0.1) is 28.2 Å². The predicted octanol–water partition coefficient (Wildman–Crippen LogP) is 5.20. The van der Waals surface area contributed by atoms with Gasteiger partial charge < -0.3 is 15.0 Å². The number of carbonyl (C=O) groups excluding carboxylic acids is 2. The molecule has 3 rings (SSSR count). The normalized spacial score (nSPS) is 11.7. The van der Waals surface area contributed by atoms with Crippen LogP contribution in [0.3, 0.4) is 0 Å². The van der Waals surface area contributed by atoms with Crippen molar-refractivity contribution in [3.8, 4) is 0 Å². The van der Waals surface area contributed by atoms with Gasteiger partial charge >= 0.3 is 6.03 Å². The van der Waals surface area contributed by atoms with Crippen molar-refractivity contribution in [2.75, 3.05) is 16.0 Å². The molecule has 32 heavy (non-hydrogen) atoms. The van der Waals surface area contributed by atoms with Crippen LogP contribution in [0.15, 0.2) is 30.3 Å². The molecule has 0 bridgehead atoms. The fourth-order valence-electron chi connectivity index (χ4n) is 3.50. The number of urea groups is 1. The number of aliphatic hydroxyl groups is 1. The van der Waals surface area contributed by atoms with E-state index in [4.69, 9.17) is 0 Å². The van der Waals surface area contributed by atoms with Crippen LogP contribution in [0.4, 0.5) is 21.4 Å². The second kappa shape index (κ2) is 9.70. The van der Waals surface area contributed by atoms with E-state index in [-0.39, 0.29) is 18.4 Å². The first-order valence-electron chi connectivity index (χ1n) is 10.8. The first-order valence-corrected chi connectivity index (χ1v) is 11.6. The van der Waals surface area contributed by atoms with Crippen LogP contribution in [0.5, 0.6) is 0 Å². The van der Waals surface area contributed by atoms with Crippen molar-refractivity contribution in [3.63, 3.8) is 0 Å². The molecule has 0 aliphatic heterocycles. The number of rotatable bonds is 8. The van der Waals surface area contributed by atoms with Gasteiger partial charge in [-0.15, -0.1) is 11.3 Å². The van der Waals surface area contributed by atoms with Crippen LogP contribution in [-0.2, 0) is 11.3 Å². The van der Waals surface area contributed by atoms with Crippen molar-refractivity contribution in [2.45, 2.75) is 59.6 Å². The first kappa shape index (κ1) is 23.7. The third-order valence-electron chi connectivity index (χ3n) is 5.12. The van der Waals surface area contributed by atoms with Crippen molar-refractivity contribution in [1.29, 1.82) is 0 Å². The summed E-state index contributed by atoms with van der Waals surface area (Å²) >= 11 is 1.48. The van der Waals surface area contributed by atoms with E-state index in [0.29, 0.717) is 17.2 Å². The van der Waals surface area contributed by atoms with Crippen LogP contribution in [0.25, 0.3) is 11.0 Å². The highest BCUT2D eigenvalue weighted by atomic mass is 32.1. The van der Waals surface area contributed by atoms with Gasteiger partial charge in [0.25, 0.3) is 0 Å². The number of hydrogen-bond donors (Lipinski definition) is 4. The zero-order valence-electron chi connectivity index (χ0n) is 19.2. The number of aryl methyl sites for hydroxylation is 1. The van der Waals surface area contributed by atoms with Crippen LogP contribution < -0.4 is 16.0 Å². The number of nitrogens with zero attached hydrogens (tertiary/aromatic N) is 2. The van der Waals surface area contributed by atoms with Gasteiger partial charge in [-0.05, 0) is 63.9 Å². The summed E-state index contributed by atoms with van der Waals surface area (Å²) in [4.78, 5) is 30.7. The predicted molar refractivity (Wildman–Crippen MR) is 130 cm³/mol. The maximum atomic E-state index is 12.6. The zero-order chi connectivity index (χ0) is 23.5. The Labute approximate surface area is 192 Å². The highest BCUT2D eigenvalue weighted by molar-refractivity contribution is 7.16. The van der Waals surface area contributed by atoms with Gasteiger partial charge in [-0.1, -0.05) is 13.8 Å². The molecular weight excluding hydrogens is 426 g/mol. The smallest absolute Gasteiger partial charge is 0.326 e. The SMILES string of the molecule is CCC(CC)C(=O)Nc1ccc2c(c1)nc(NC(=O)Nc1ccc(C)s1)n2CC(C)(C)O. The van der Waals surface area contributed by atoms with Crippen molar-refractivity contribution in [3.05, 3.63) is 35.2 Å². The average Bonchev–Trinajstić information content (AvgIpc) is 3.24. The Morgan fingerprint density at radius 2 is 1.84 bits per heavy atom. The molecule has 2 aromatic heterocycles. The van der Waals surface area contributed by atoms with Crippen molar-refractivity contribution >= 4 is 50.9 Å². The number of thiophene rings is 1. The number of fused-ring (bicyclic) bond motifs is 1. The lowest BCUT2D eigenvalue weighted by molar-refractivity contribution is -0.120. The summed E-state index contributed by atoms with van der Waals surface area (Å²) in [6.45, 7) is 9.58. The summed E-state index contributed by atoms with van der Waals surface area (Å²) in [5.41, 5.74) is 0.981. The quantitative estimate of drug-likeness (QED) is 0.373. The number of imidazole rings is 1. The van der Waals surface area contributed by atoms with Gasteiger partial charge in [0.15, 0.2) is 0 Å². The molecule has 0 aliphatic rings. The minimum absolute atomic E-state index is 0.0192. The Morgan fingerprint density at radius 3 is 2.44 bits per heavy atom. The molecule has 0 saturated heterocycles. The Balaban J connectivity index is 1.89. The van der Waals surface area contributed by atoms with Gasteiger partial charge in [-0.2, -0.15) is 0 Å². The molecule has 0 atom stereocenters. The number of amides is 3. The van der Waals surface area contributed by atoms with E-state index in [1.807, 2.05) is 45.0 Å². The average molecular weight is 458 g/mol. The highest BCUT2D eigenvalue weighted by Crippen LogP contribution is 2.26. The lowest BCUT2D eigenvalue weighted by atomic mass is 10.0. The molecule has 4 N–H and O–H groups in total. The minimum Gasteiger partial charge on any atom is -0.389 e. The Hall–Kier alpha value is -2.91. The molecule has 3 aromatic rings. The van der Waals surface area contributed by atoms with Gasteiger partial charge in [-0.3, -0.25) is 15.4 Å². The van der Waals surface area contributed by atoms with Gasteiger partial charge in [-0.25, -0.2) is 9.78 Å². The molecule has 172 valence electrons. The van der Waals surface area contributed by atoms with Crippen molar-refractivity contribution in [1.82, 2.24) is 9.55 Å². The summed E-state index contributed by atoms with van der Waals surface area (Å²) in [7, 11) is 0. The fraction of sp³-hybridized carbons (Fsp3) is 0.435. The van der Waals surface area contributed by atoms with Crippen molar-refractivity contribution < 1.29 is 14.7 Å². The molecule has 8 nitrogen and oxygen atoms in total. The molecule has 3 amide bonds. The molecule has 0 unspecified atom stereocenters. The van der Waals surface area contributed by atoms with Crippen LogP contribution in [0, 0.1) is 12.8 Å². The summed E-state index contributed by atoms with van der Waals surface area (Å²) in [5, 5.41) is 19.7. The minimum atomic E-state index is -1.02. The number of anilines is 3. The maximum Gasteiger partial charge on any atom is 0.326 e. The van der Waals surface area contributed by atoms with E-state index in [1.54, 1.807) is 24.5 Å². The molecule has 1 aromatic carbocycles. The van der Waals surface area contributed by atoms with Gasteiger partial charge in [0.1, 0.15) is 0 Å². The molecule has 0 fully saturated rings.